The minimum absolute atomic E-state index is 0.191. The number of benzene rings is 2. The molecule has 0 atom stereocenters. The van der Waals surface area contributed by atoms with Crippen LogP contribution in [-0.4, -0.2) is 25.5 Å². The number of halogens is 1. The molecule has 0 bridgehead atoms. The van der Waals surface area contributed by atoms with Gasteiger partial charge in [-0.3, -0.25) is 9.59 Å². The number of hydrogen-bond acceptors (Lipinski definition) is 4. The molecule has 7 nitrogen and oxygen atoms in total. The molecule has 2 aromatic carbocycles. The number of rotatable bonds is 4. The summed E-state index contributed by atoms with van der Waals surface area (Å²) in [6, 6.07) is 13.2. The van der Waals surface area contributed by atoms with Gasteiger partial charge in [-0.1, -0.05) is 33.6 Å². The number of nitrogens with one attached hydrogen (secondary N) is 1. The van der Waals surface area contributed by atoms with E-state index >= 15 is 0 Å². The lowest BCUT2D eigenvalue weighted by Gasteiger charge is -2.11. The van der Waals surface area contributed by atoms with Crippen molar-refractivity contribution in [3.8, 4) is 5.69 Å². The highest BCUT2D eigenvalue weighted by Gasteiger charge is 2.17. The summed E-state index contributed by atoms with van der Waals surface area (Å²) in [5.74, 6) is -0.330. The molecule has 1 N–H and O–H groups in total. The molecule has 0 saturated heterocycles. The van der Waals surface area contributed by atoms with Gasteiger partial charge in [0, 0.05) is 15.5 Å². The number of aryl methyl sites for hydroxylation is 3. The van der Waals surface area contributed by atoms with E-state index in [0.29, 0.717) is 22.3 Å². The monoisotopic (exact) mass is 465 g/mol. The van der Waals surface area contributed by atoms with Crippen LogP contribution in [0.25, 0.3) is 16.6 Å². The topological polar surface area (TPSA) is 81.8 Å². The number of carbonyl (C=O) groups excluding carboxylic acids is 1. The fourth-order valence-electron chi connectivity index (χ4n) is 3.42. The molecule has 1 amide bonds. The minimum Gasteiger partial charge on any atom is -0.324 e. The molecule has 2 aromatic heterocycles. The lowest BCUT2D eigenvalue weighted by Crippen LogP contribution is -2.31. The number of nitrogens with zero attached hydrogens (tertiary/aromatic N) is 4. The van der Waals surface area contributed by atoms with E-state index in [9.17, 15) is 9.59 Å². The maximum Gasteiger partial charge on any atom is 0.293 e. The van der Waals surface area contributed by atoms with Crippen LogP contribution >= 0.6 is 15.9 Å². The Morgan fingerprint density at radius 2 is 1.83 bits per heavy atom. The van der Waals surface area contributed by atoms with E-state index in [4.69, 9.17) is 0 Å². The Balaban J connectivity index is 1.73. The van der Waals surface area contributed by atoms with Crippen LogP contribution in [0.2, 0.25) is 0 Å². The summed E-state index contributed by atoms with van der Waals surface area (Å²) in [6.45, 7) is 5.61. The van der Waals surface area contributed by atoms with Gasteiger partial charge in [-0.2, -0.15) is 10.2 Å². The highest BCUT2D eigenvalue weighted by atomic mass is 79.9. The van der Waals surface area contributed by atoms with Crippen LogP contribution in [0.5, 0.6) is 0 Å². The quantitative estimate of drug-likeness (QED) is 0.495. The summed E-state index contributed by atoms with van der Waals surface area (Å²) < 4.78 is 3.73. The van der Waals surface area contributed by atoms with E-state index in [2.05, 4.69) is 31.4 Å². The van der Waals surface area contributed by atoms with Gasteiger partial charge in [0.1, 0.15) is 12.1 Å². The van der Waals surface area contributed by atoms with Crippen molar-refractivity contribution in [2.45, 2.75) is 27.3 Å². The zero-order valence-electron chi connectivity index (χ0n) is 16.8. The average molecular weight is 466 g/mol. The first-order valence-electron chi connectivity index (χ1n) is 9.42. The molecule has 0 aliphatic heterocycles. The van der Waals surface area contributed by atoms with Crippen molar-refractivity contribution in [2.24, 2.45) is 0 Å². The zero-order chi connectivity index (χ0) is 21.4. The average Bonchev–Trinajstić information content (AvgIpc) is 3.13. The third-order valence-electron chi connectivity index (χ3n) is 4.87. The van der Waals surface area contributed by atoms with Crippen molar-refractivity contribution < 1.29 is 4.79 Å². The Morgan fingerprint density at radius 1 is 1.10 bits per heavy atom. The number of carbonyl (C=O) groups is 1. The SMILES string of the molecule is Cc1ccc(-n2ncc3c(C)nn(CC(=O)Nc4ccc(Br)cc4)c(=O)c32)c(C)c1. The first kappa shape index (κ1) is 20.0. The molecular formula is C22H20BrN5O2. The van der Waals surface area contributed by atoms with E-state index in [1.54, 1.807) is 29.9 Å². The van der Waals surface area contributed by atoms with Crippen LogP contribution in [0.4, 0.5) is 5.69 Å². The molecule has 0 spiro atoms. The second-order valence-corrected chi connectivity index (χ2v) is 8.13. The zero-order valence-corrected chi connectivity index (χ0v) is 18.4. The summed E-state index contributed by atoms with van der Waals surface area (Å²) in [7, 11) is 0. The highest BCUT2D eigenvalue weighted by Crippen LogP contribution is 2.21. The van der Waals surface area contributed by atoms with E-state index in [1.165, 1.54) is 4.68 Å². The third-order valence-corrected chi connectivity index (χ3v) is 5.40. The number of anilines is 1. The Hall–Kier alpha value is -3.26. The lowest BCUT2D eigenvalue weighted by atomic mass is 10.1. The predicted molar refractivity (Wildman–Crippen MR) is 120 cm³/mol. The molecule has 8 heteroatoms. The first-order chi connectivity index (χ1) is 14.3. The van der Waals surface area contributed by atoms with E-state index < -0.39 is 0 Å². The Morgan fingerprint density at radius 3 is 2.53 bits per heavy atom. The number of amides is 1. The normalized spacial score (nSPS) is 11.1. The molecule has 30 heavy (non-hydrogen) atoms. The Kier molecular flexibility index (Phi) is 5.26. The number of hydrogen-bond donors (Lipinski definition) is 1. The molecule has 4 rings (SSSR count). The number of aromatic nitrogens is 4. The molecule has 0 radical (unpaired) electrons. The Labute approximate surface area is 181 Å². The summed E-state index contributed by atoms with van der Waals surface area (Å²) in [6.07, 6.45) is 1.64. The summed E-state index contributed by atoms with van der Waals surface area (Å²) in [5.41, 5.74) is 4.29. The third kappa shape index (κ3) is 3.78. The maximum absolute atomic E-state index is 13.2. The number of fused-ring (bicyclic) bond motifs is 1. The second-order valence-electron chi connectivity index (χ2n) is 7.21. The molecule has 0 fully saturated rings. The van der Waals surface area contributed by atoms with Crippen LogP contribution < -0.4 is 10.9 Å². The van der Waals surface area contributed by atoms with Crippen molar-refractivity contribution >= 4 is 38.4 Å². The molecule has 2 heterocycles. The van der Waals surface area contributed by atoms with Gasteiger partial charge >= 0.3 is 0 Å². The van der Waals surface area contributed by atoms with Gasteiger partial charge in [-0.05, 0) is 56.7 Å². The van der Waals surface area contributed by atoms with E-state index in [-0.39, 0.29) is 18.0 Å². The molecule has 0 aliphatic carbocycles. The predicted octanol–water partition coefficient (Wildman–Crippen LogP) is 3.91. The summed E-state index contributed by atoms with van der Waals surface area (Å²) in [5, 5.41) is 12.2. The van der Waals surface area contributed by atoms with Gasteiger partial charge in [0.15, 0.2) is 0 Å². The smallest absolute Gasteiger partial charge is 0.293 e. The Bertz CT molecular complexity index is 1320. The standard InChI is InChI=1S/C22H20BrN5O2/c1-13-4-9-19(14(2)10-13)28-21-18(11-24-28)15(3)26-27(22(21)30)12-20(29)25-17-7-5-16(23)6-8-17/h4-11H,12H2,1-3H3,(H,25,29). The van der Waals surface area contributed by atoms with Crippen LogP contribution in [0, 0.1) is 20.8 Å². The maximum atomic E-state index is 13.2. The van der Waals surface area contributed by atoms with E-state index in [1.807, 2.05) is 44.2 Å². The van der Waals surface area contributed by atoms with Gasteiger partial charge in [-0.25, -0.2) is 9.36 Å². The van der Waals surface area contributed by atoms with Crippen molar-refractivity contribution in [2.75, 3.05) is 5.32 Å². The molecule has 0 aliphatic rings. The molecule has 4 aromatic rings. The van der Waals surface area contributed by atoms with Crippen molar-refractivity contribution in [1.82, 2.24) is 19.6 Å². The van der Waals surface area contributed by atoms with Crippen LogP contribution in [0.1, 0.15) is 16.8 Å². The van der Waals surface area contributed by atoms with Gasteiger partial charge in [-0.15, -0.1) is 0 Å². The van der Waals surface area contributed by atoms with Crippen molar-refractivity contribution in [3.63, 3.8) is 0 Å². The molecule has 152 valence electrons. The van der Waals surface area contributed by atoms with Crippen LogP contribution in [0.15, 0.2) is 57.9 Å². The second kappa shape index (κ2) is 7.87. The molecule has 0 saturated carbocycles. The largest absolute Gasteiger partial charge is 0.324 e. The van der Waals surface area contributed by atoms with Crippen LogP contribution in [-0.2, 0) is 11.3 Å². The lowest BCUT2D eigenvalue weighted by molar-refractivity contribution is -0.117. The van der Waals surface area contributed by atoms with Gasteiger partial charge < -0.3 is 5.32 Å². The summed E-state index contributed by atoms with van der Waals surface area (Å²) in [4.78, 5) is 25.7. The molecule has 0 unspecified atom stereocenters. The van der Waals surface area contributed by atoms with Crippen molar-refractivity contribution in [1.29, 1.82) is 0 Å². The van der Waals surface area contributed by atoms with E-state index in [0.717, 1.165) is 21.3 Å². The van der Waals surface area contributed by atoms with Gasteiger partial charge in [0.05, 0.1) is 17.6 Å². The minimum atomic E-state index is -0.362. The fourth-order valence-corrected chi connectivity index (χ4v) is 3.69. The van der Waals surface area contributed by atoms with Crippen molar-refractivity contribution in [3.05, 3.63) is 80.3 Å². The van der Waals surface area contributed by atoms with Gasteiger partial charge in [0.25, 0.3) is 5.56 Å². The first-order valence-corrected chi connectivity index (χ1v) is 10.2. The molecular weight excluding hydrogens is 446 g/mol. The summed E-state index contributed by atoms with van der Waals surface area (Å²) >= 11 is 3.36. The fraction of sp³-hybridized carbons (Fsp3) is 0.182. The van der Waals surface area contributed by atoms with Gasteiger partial charge in [0.2, 0.25) is 5.91 Å². The highest BCUT2D eigenvalue weighted by molar-refractivity contribution is 9.10. The van der Waals surface area contributed by atoms with Crippen LogP contribution in [0.3, 0.4) is 0 Å².